The molecule has 1 aliphatic rings. The van der Waals surface area contributed by atoms with E-state index in [4.69, 9.17) is 4.74 Å². The molecule has 4 heteroatoms. The molecule has 4 nitrogen and oxygen atoms in total. The largest absolute Gasteiger partial charge is 0.469 e. The minimum absolute atomic E-state index is 0.141. The minimum Gasteiger partial charge on any atom is -0.469 e. The first kappa shape index (κ1) is 10.2. The zero-order valence-corrected chi connectivity index (χ0v) is 7.75. The van der Waals surface area contributed by atoms with Crippen LogP contribution in [0.5, 0.6) is 0 Å². The van der Waals surface area contributed by atoms with Gasteiger partial charge in [-0.25, -0.2) is 0 Å². The Labute approximate surface area is 77.2 Å². The Morgan fingerprint density at radius 1 is 1.38 bits per heavy atom. The van der Waals surface area contributed by atoms with E-state index in [-0.39, 0.29) is 17.9 Å². The predicted molar refractivity (Wildman–Crippen MR) is 45.2 cm³/mol. The van der Waals surface area contributed by atoms with E-state index in [0.29, 0.717) is 25.9 Å². The third-order valence-electron chi connectivity index (χ3n) is 1.97. The molecular formula is C9H14O4. The lowest BCUT2D eigenvalue weighted by Gasteiger charge is -1.98. The summed E-state index contributed by atoms with van der Waals surface area (Å²) in [4.78, 5) is 21.7. The van der Waals surface area contributed by atoms with Crippen LogP contribution in [0.15, 0.2) is 0 Å². The van der Waals surface area contributed by atoms with Gasteiger partial charge in [-0.3, -0.25) is 9.59 Å². The molecule has 0 aromatic heterocycles. The molecule has 13 heavy (non-hydrogen) atoms. The molecule has 1 saturated heterocycles. The number of epoxide rings is 1. The van der Waals surface area contributed by atoms with Crippen LogP contribution in [0, 0.1) is 0 Å². The van der Waals surface area contributed by atoms with Crippen LogP contribution in [0.3, 0.4) is 0 Å². The number of esters is 1. The molecule has 0 aromatic carbocycles. The van der Waals surface area contributed by atoms with Crippen molar-refractivity contribution in [3.8, 4) is 0 Å². The first-order chi connectivity index (χ1) is 6.24. The molecule has 0 amide bonds. The Morgan fingerprint density at radius 2 is 2.00 bits per heavy atom. The third kappa shape index (κ3) is 4.03. The Morgan fingerprint density at radius 3 is 2.54 bits per heavy atom. The number of Topliss-reactive ketones (excluding diaryl/α,β-unsaturated/α-hetero) is 1. The minimum atomic E-state index is -0.213. The highest BCUT2D eigenvalue weighted by atomic mass is 16.6. The molecule has 0 aliphatic carbocycles. The van der Waals surface area contributed by atoms with E-state index < -0.39 is 0 Å². The molecule has 0 radical (unpaired) electrons. The Bertz CT molecular complexity index is 196. The maximum atomic E-state index is 11.1. The summed E-state index contributed by atoms with van der Waals surface area (Å²) in [6.45, 7) is 0.579. The molecule has 0 spiro atoms. The quantitative estimate of drug-likeness (QED) is 0.348. The van der Waals surface area contributed by atoms with Gasteiger partial charge < -0.3 is 9.47 Å². The summed E-state index contributed by atoms with van der Waals surface area (Å²) in [6.07, 6.45) is 2.23. The van der Waals surface area contributed by atoms with Crippen LogP contribution in [0.25, 0.3) is 0 Å². The third-order valence-corrected chi connectivity index (χ3v) is 1.97. The molecule has 1 fully saturated rings. The second kappa shape index (κ2) is 4.97. The molecule has 1 heterocycles. The van der Waals surface area contributed by atoms with Crippen LogP contribution >= 0.6 is 0 Å². The van der Waals surface area contributed by atoms with Crippen LogP contribution < -0.4 is 0 Å². The average molecular weight is 186 g/mol. The monoisotopic (exact) mass is 186 g/mol. The van der Waals surface area contributed by atoms with E-state index >= 15 is 0 Å². The summed E-state index contributed by atoms with van der Waals surface area (Å²) in [7, 11) is 1.37. The molecule has 1 atom stereocenters. The lowest BCUT2D eigenvalue weighted by atomic mass is 10.1. The zero-order chi connectivity index (χ0) is 9.68. The van der Waals surface area contributed by atoms with Gasteiger partial charge in [-0.15, -0.1) is 0 Å². The second-order valence-electron chi connectivity index (χ2n) is 3.07. The summed E-state index contributed by atoms with van der Waals surface area (Å²) in [5.74, 6) is -0.0556. The number of carbonyl (C=O) groups excluding carboxylic acids is 2. The van der Waals surface area contributed by atoms with Crippen molar-refractivity contribution in [2.45, 2.75) is 31.8 Å². The molecule has 1 rings (SSSR count). The number of hydrogen-bond donors (Lipinski definition) is 0. The van der Waals surface area contributed by atoms with Crippen LogP contribution in [0.4, 0.5) is 0 Å². The number of rotatable bonds is 6. The SMILES string of the molecule is COC(=O)CCCCC(=O)C1CO1. The van der Waals surface area contributed by atoms with Gasteiger partial charge in [0.2, 0.25) is 0 Å². The molecule has 0 bridgehead atoms. The number of hydrogen-bond acceptors (Lipinski definition) is 4. The number of carbonyl (C=O) groups is 2. The van der Waals surface area contributed by atoms with E-state index in [1.165, 1.54) is 7.11 Å². The van der Waals surface area contributed by atoms with Gasteiger partial charge in [0.05, 0.1) is 13.7 Å². The lowest BCUT2D eigenvalue weighted by molar-refractivity contribution is -0.140. The van der Waals surface area contributed by atoms with Crippen molar-refractivity contribution >= 4 is 11.8 Å². The maximum Gasteiger partial charge on any atom is 0.305 e. The van der Waals surface area contributed by atoms with Crippen molar-refractivity contribution in [2.24, 2.45) is 0 Å². The van der Waals surface area contributed by atoms with E-state index in [1.807, 2.05) is 0 Å². The van der Waals surface area contributed by atoms with Crippen LogP contribution in [0.2, 0.25) is 0 Å². The summed E-state index contributed by atoms with van der Waals surface area (Å²) < 4.78 is 9.30. The van der Waals surface area contributed by atoms with Crippen molar-refractivity contribution in [2.75, 3.05) is 13.7 Å². The van der Waals surface area contributed by atoms with Gasteiger partial charge in [0.25, 0.3) is 0 Å². The molecule has 0 aromatic rings. The Balaban J connectivity index is 1.94. The van der Waals surface area contributed by atoms with Crippen LogP contribution in [-0.2, 0) is 19.1 Å². The number of ether oxygens (including phenoxy) is 2. The van der Waals surface area contributed by atoms with Crippen LogP contribution in [-0.4, -0.2) is 31.6 Å². The highest BCUT2D eigenvalue weighted by molar-refractivity contribution is 5.85. The van der Waals surface area contributed by atoms with Gasteiger partial charge in [0, 0.05) is 12.8 Å². The molecule has 0 N–H and O–H groups in total. The van der Waals surface area contributed by atoms with Crippen molar-refractivity contribution < 1.29 is 19.1 Å². The molecule has 0 saturated carbocycles. The van der Waals surface area contributed by atoms with Crippen molar-refractivity contribution in [3.05, 3.63) is 0 Å². The maximum absolute atomic E-state index is 11.1. The van der Waals surface area contributed by atoms with Gasteiger partial charge >= 0.3 is 5.97 Å². The van der Waals surface area contributed by atoms with Gasteiger partial charge in [0.1, 0.15) is 6.10 Å². The first-order valence-electron chi connectivity index (χ1n) is 4.45. The predicted octanol–water partition coefficient (Wildman–Crippen LogP) is 0.688. The van der Waals surface area contributed by atoms with Gasteiger partial charge in [-0.2, -0.15) is 0 Å². The van der Waals surface area contributed by atoms with Crippen molar-refractivity contribution in [3.63, 3.8) is 0 Å². The Kier molecular flexibility index (Phi) is 3.89. The average Bonchev–Trinajstić information content (AvgIpc) is 2.94. The fourth-order valence-electron chi connectivity index (χ4n) is 1.07. The van der Waals surface area contributed by atoms with Gasteiger partial charge in [0.15, 0.2) is 5.78 Å². The summed E-state index contributed by atoms with van der Waals surface area (Å²) in [5.41, 5.74) is 0. The van der Waals surface area contributed by atoms with E-state index in [1.54, 1.807) is 0 Å². The smallest absolute Gasteiger partial charge is 0.305 e. The molecule has 74 valence electrons. The van der Waals surface area contributed by atoms with E-state index in [2.05, 4.69) is 4.74 Å². The van der Waals surface area contributed by atoms with Crippen molar-refractivity contribution in [1.29, 1.82) is 0 Å². The van der Waals surface area contributed by atoms with Gasteiger partial charge in [-0.05, 0) is 12.8 Å². The fourth-order valence-corrected chi connectivity index (χ4v) is 1.07. The van der Waals surface area contributed by atoms with Gasteiger partial charge in [-0.1, -0.05) is 0 Å². The zero-order valence-electron chi connectivity index (χ0n) is 7.75. The number of ketones is 1. The summed E-state index contributed by atoms with van der Waals surface area (Å²) in [5, 5.41) is 0. The second-order valence-corrected chi connectivity index (χ2v) is 3.07. The molecule has 1 aliphatic heterocycles. The van der Waals surface area contributed by atoms with E-state index in [0.717, 1.165) is 6.42 Å². The van der Waals surface area contributed by atoms with Crippen molar-refractivity contribution in [1.82, 2.24) is 0 Å². The number of unbranched alkanes of at least 4 members (excludes halogenated alkanes) is 1. The topological polar surface area (TPSA) is 55.9 Å². The normalized spacial score (nSPS) is 19.6. The summed E-state index contributed by atoms with van der Waals surface area (Å²) >= 11 is 0. The Hall–Kier alpha value is -0.900. The number of methoxy groups -OCH3 is 1. The highest BCUT2D eigenvalue weighted by Gasteiger charge is 2.29. The molecular weight excluding hydrogens is 172 g/mol. The summed E-state index contributed by atoms with van der Waals surface area (Å²) in [6, 6.07) is 0. The standard InChI is InChI=1S/C9H14O4/c1-12-9(11)5-3-2-4-7(10)8-6-13-8/h8H,2-6H2,1H3. The fraction of sp³-hybridized carbons (Fsp3) is 0.778. The highest BCUT2D eigenvalue weighted by Crippen LogP contribution is 2.14. The lowest BCUT2D eigenvalue weighted by Crippen LogP contribution is -2.06. The molecule has 1 unspecified atom stereocenters. The van der Waals surface area contributed by atoms with E-state index in [9.17, 15) is 9.59 Å². The first-order valence-corrected chi connectivity index (χ1v) is 4.45. The van der Waals surface area contributed by atoms with Crippen LogP contribution in [0.1, 0.15) is 25.7 Å².